The van der Waals surface area contributed by atoms with Gasteiger partial charge < -0.3 is 4.74 Å². The average molecular weight is 321 g/mol. The molecular weight excluding hydrogens is 284 g/mol. The molecule has 0 amide bonds. The lowest BCUT2D eigenvalue weighted by molar-refractivity contribution is -0.182. The third-order valence-electron chi connectivity index (χ3n) is 7.53. The summed E-state index contributed by atoms with van der Waals surface area (Å²) in [4.78, 5) is 11.7. The van der Waals surface area contributed by atoms with Crippen molar-refractivity contribution >= 4 is 5.97 Å². The molecule has 0 radical (unpaired) electrons. The zero-order valence-electron chi connectivity index (χ0n) is 15.4. The van der Waals surface area contributed by atoms with Gasteiger partial charge in [0, 0.05) is 6.42 Å². The van der Waals surface area contributed by atoms with Crippen LogP contribution in [0, 0.1) is 17.3 Å². The molecule has 0 aromatic rings. The molecule has 0 unspecified atom stereocenters. The Hall–Kier alpha value is -0.530. The summed E-state index contributed by atoms with van der Waals surface area (Å²) in [5.41, 5.74) is 0.531. The fourth-order valence-corrected chi connectivity index (χ4v) is 5.82. The summed E-state index contributed by atoms with van der Waals surface area (Å²) in [5.74, 6) is 1.98. The molecule has 0 aromatic heterocycles. The third kappa shape index (κ3) is 3.61. The van der Waals surface area contributed by atoms with Crippen LogP contribution in [0.15, 0.2) is 0 Å². The van der Waals surface area contributed by atoms with E-state index in [-0.39, 0.29) is 11.6 Å². The number of hydrogen-bond donors (Lipinski definition) is 0. The standard InChI is InChI=1S/C21H36O2/c1-3-5-6-17-7-9-18(10-8-17)20-11-14-21(15-12-20,16-13-20)23-19(22)4-2/h17-18H,3-16H2,1-2H3. The fraction of sp³-hybridized carbons (Fsp3) is 0.952. The molecule has 0 N–H and O–H groups in total. The van der Waals surface area contributed by atoms with Gasteiger partial charge in [-0.3, -0.25) is 4.79 Å². The molecule has 4 fully saturated rings. The molecule has 0 atom stereocenters. The summed E-state index contributed by atoms with van der Waals surface area (Å²) in [6, 6.07) is 0. The monoisotopic (exact) mass is 320 g/mol. The van der Waals surface area contributed by atoms with Crippen LogP contribution in [0.2, 0.25) is 0 Å². The van der Waals surface area contributed by atoms with Crippen molar-refractivity contribution in [2.75, 3.05) is 0 Å². The molecule has 4 saturated carbocycles. The number of fused-ring (bicyclic) bond motifs is 3. The summed E-state index contributed by atoms with van der Waals surface area (Å²) >= 11 is 0. The molecule has 0 heterocycles. The quantitative estimate of drug-likeness (QED) is 0.559. The Labute approximate surface area is 142 Å². The number of esters is 1. The van der Waals surface area contributed by atoms with Crippen molar-refractivity contribution in [3.8, 4) is 0 Å². The van der Waals surface area contributed by atoms with E-state index in [1.807, 2.05) is 6.92 Å². The molecule has 0 saturated heterocycles. The summed E-state index contributed by atoms with van der Waals surface area (Å²) in [6.07, 6.45) is 18.0. The number of carbonyl (C=O) groups excluding carboxylic acids is 1. The predicted molar refractivity (Wildman–Crippen MR) is 94.2 cm³/mol. The summed E-state index contributed by atoms with van der Waals surface area (Å²) in [6.45, 7) is 4.22. The summed E-state index contributed by atoms with van der Waals surface area (Å²) < 4.78 is 5.87. The molecule has 132 valence electrons. The van der Waals surface area contributed by atoms with Crippen LogP contribution in [0.4, 0.5) is 0 Å². The second-order valence-corrected chi connectivity index (χ2v) is 8.73. The van der Waals surface area contributed by atoms with Crippen LogP contribution in [-0.2, 0) is 9.53 Å². The highest BCUT2D eigenvalue weighted by Crippen LogP contribution is 2.60. The van der Waals surface area contributed by atoms with Gasteiger partial charge in [0.15, 0.2) is 0 Å². The van der Waals surface area contributed by atoms with E-state index in [0.717, 1.165) is 31.1 Å². The van der Waals surface area contributed by atoms with Crippen LogP contribution >= 0.6 is 0 Å². The van der Waals surface area contributed by atoms with Crippen LogP contribution in [0.5, 0.6) is 0 Å². The zero-order chi connectivity index (χ0) is 16.3. The van der Waals surface area contributed by atoms with E-state index >= 15 is 0 Å². The Kier molecular flexibility index (Phi) is 5.38. The number of unbranched alkanes of at least 4 members (excludes halogenated alkanes) is 1. The first-order chi connectivity index (χ1) is 11.1. The van der Waals surface area contributed by atoms with Crippen LogP contribution in [0.1, 0.15) is 104 Å². The lowest BCUT2D eigenvalue weighted by Crippen LogP contribution is -2.51. The summed E-state index contributed by atoms with van der Waals surface area (Å²) in [7, 11) is 0. The van der Waals surface area contributed by atoms with E-state index in [1.54, 1.807) is 0 Å². The third-order valence-corrected chi connectivity index (χ3v) is 7.53. The van der Waals surface area contributed by atoms with Gasteiger partial charge in [-0.2, -0.15) is 0 Å². The Balaban J connectivity index is 1.53. The van der Waals surface area contributed by atoms with E-state index in [1.165, 1.54) is 64.2 Å². The van der Waals surface area contributed by atoms with Crippen molar-refractivity contribution < 1.29 is 9.53 Å². The molecule has 0 aromatic carbocycles. The molecule has 4 aliphatic rings. The number of ether oxygens (including phenoxy) is 1. The maximum atomic E-state index is 11.7. The van der Waals surface area contributed by atoms with Crippen molar-refractivity contribution in [3.63, 3.8) is 0 Å². The van der Waals surface area contributed by atoms with Gasteiger partial charge in [-0.05, 0) is 68.6 Å². The normalized spacial score (nSPS) is 40.1. The minimum Gasteiger partial charge on any atom is -0.459 e. The second kappa shape index (κ2) is 7.15. The van der Waals surface area contributed by atoms with Gasteiger partial charge in [0.25, 0.3) is 0 Å². The topological polar surface area (TPSA) is 26.3 Å². The van der Waals surface area contributed by atoms with Crippen LogP contribution in [0.3, 0.4) is 0 Å². The lowest BCUT2D eigenvalue weighted by atomic mass is 9.51. The first kappa shape index (κ1) is 17.3. The largest absolute Gasteiger partial charge is 0.459 e. The van der Waals surface area contributed by atoms with Crippen LogP contribution < -0.4 is 0 Å². The molecular formula is C21H36O2. The van der Waals surface area contributed by atoms with E-state index in [9.17, 15) is 4.79 Å². The van der Waals surface area contributed by atoms with E-state index in [0.29, 0.717) is 11.8 Å². The maximum Gasteiger partial charge on any atom is 0.306 e. The Morgan fingerprint density at radius 1 is 0.957 bits per heavy atom. The Morgan fingerprint density at radius 3 is 2.09 bits per heavy atom. The molecule has 0 spiro atoms. The summed E-state index contributed by atoms with van der Waals surface area (Å²) in [5, 5.41) is 0. The van der Waals surface area contributed by atoms with Crippen molar-refractivity contribution in [1.82, 2.24) is 0 Å². The van der Waals surface area contributed by atoms with E-state index in [2.05, 4.69) is 6.92 Å². The molecule has 23 heavy (non-hydrogen) atoms. The Morgan fingerprint density at radius 2 is 1.57 bits per heavy atom. The van der Waals surface area contributed by atoms with E-state index in [4.69, 9.17) is 4.74 Å². The molecule has 2 bridgehead atoms. The van der Waals surface area contributed by atoms with Crippen molar-refractivity contribution in [1.29, 1.82) is 0 Å². The molecule has 4 aliphatic carbocycles. The van der Waals surface area contributed by atoms with Crippen molar-refractivity contribution in [2.45, 2.75) is 109 Å². The molecule has 2 heteroatoms. The smallest absolute Gasteiger partial charge is 0.306 e. The molecule has 0 aliphatic heterocycles. The van der Waals surface area contributed by atoms with Gasteiger partial charge in [0.05, 0.1) is 0 Å². The average Bonchev–Trinajstić information content (AvgIpc) is 2.61. The minimum absolute atomic E-state index is 0.0100. The minimum atomic E-state index is -0.0762. The second-order valence-electron chi connectivity index (χ2n) is 8.73. The van der Waals surface area contributed by atoms with Crippen LogP contribution in [-0.4, -0.2) is 11.6 Å². The van der Waals surface area contributed by atoms with Gasteiger partial charge in [-0.25, -0.2) is 0 Å². The highest BCUT2D eigenvalue weighted by Gasteiger charge is 2.53. The SMILES string of the molecule is CCCCC1CCC(C23CCC(OC(=O)CC)(CC2)CC3)CC1. The van der Waals surface area contributed by atoms with Crippen molar-refractivity contribution in [3.05, 3.63) is 0 Å². The first-order valence-corrected chi connectivity index (χ1v) is 10.3. The number of carbonyl (C=O) groups is 1. The zero-order valence-corrected chi connectivity index (χ0v) is 15.4. The fourth-order valence-electron chi connectivity index (χ4n) is 5.82. The van der Waals surface area contributed by atoms with Gasteiger partial charge in [-0.1, -0.05) is 46.0 Å². The van der Waals surface area contributed by atoms with Crippen LogP contribution in [0.25, 0.3) is 0 Å². The highest BCUT2D eigenvalue weighted by molar-refractivity contribution is 5.69. The lowest BCUT2D eigenvalue weighted by Gasteiger charge is -2.56. The molecule has 2 nitrogen and oxygen atoms in total. The van der Waals surface area contributed by atoms with Gasteiger partial charge in [-0.15, -0.1) is 0 Å². The Bertz CT molecular complexity index is 382. The maximum absolute atomic E-state index is 11.7. The van der Waals surface area contributed by atoms with Crippen molar-refractivity contribution in [2.24, 2.45) is 17.3 Å². The molecule has 4 rings (SSSR count). The number of hydrogen-bond acceptors (Lipinski definition) is 2. The highest BCUT2D eigenvalue weighted by atomic mass is 16.6. The first-order valence-electron chi connectivity index (χ1n) is 10.3. The van der Waals surface area contributed by atoms with Gasteiger partial charge >= 0.3 is 5.97 Å². The van der Waals surface area contributed by atoms with Gasteiger partial charge in [0.1, 0.15) is 5.60 Å². The van der Waals surface area contributed by atoms with Gasteiger partial charge in [0.2, 0.25) is 0 Å². The van der Waals surface area contributed by atoms with E-state index < -0.39 is 0 Å². The predicted octanol–water partition coefficient (Wildman–Crippen LogP) is 6.03. The number of rotatable bonds is 6.